The van der Waals surface area contributed by atoms with E-state index in [4.69, 9.17) is 4.74 Å². The van der Waals surface area contributed by atoms with Crippen LogP contribution in [0.4, 0.5) is 0 Å². The van der Waals surface area contributed by atoms with Gasteiger partial charge in [-0.3, -0.25) is 0 Å². The lowest BCUT2D eigenvalue weighted by molar-refractivity contribution is 0.0661. The van der Waals surface area contributed by atoms with Crippen molar-refractivity contribution in [3.05, 3.63) is 0 Å². The van der Waals surface area contributed by atoms with Gasteiger partial charge in [0.1, 0.15) is 0 Å². The number of ether oxygens (including phenoxy) is 1. The molecule has 8 heavy (non-hydrogen) atoms. The summed E-state index contributed by atoms with van der Waals surface area (Å²) in [4.78, 5) is 0. The average Bonchev–Trinajstić information content (AvgIpc) is 1.77. The van der Waals surface area contributed by atoms with Crippen molar-refractivity contribution in [2.45, 2.75) is 18.6 Å². The van der Waals surface area contributed by atoms with E-state index in [-0.39, 0.29) is 0 Å². The first kappa shape index (κ1) is 6.43. The van der Waals surface area contributed by atoms with E-state index in [1.165, 1.54) is 0 Å². The molecule has 1 aliphatic rings. The summed E-state index contributed by atoms with van der Waals surface area (Å²) in [6.45, 7) is 3.98. The number of hydrogen-bond acceptors (Lipinski definition) is 2. The van der Waals surface area contributed by atoms with Crippen LogP contribution in [0.15, 0.2) is 0 Å². The Morgan fingerprint density at radius 1 is 1.62 bits per heavy atom. The topological polar surface area (TPSA) is 9.23 Å². The number of thiol groups is 1. The fourth-order valence-electron chi connectivity index (χ4n) is 0.869. The van der Waals surface area contributed by atoms with Crippen molar-refractivity contribution < 1.29 is 4.74 Å². The third-order valence-corrected chi connectivity index (χ3v) is 2.36. The average molecular weight is 132 g/mol. The third kappa shape index (κ3) is 1.39. The molecule has 0 amide bonds. The summed E-state index contributed by atoms with van der Waals surface area (Å²) in [5, 5.41) is 0.573. The van der Waals surface area contributed by atoms with Crippen molar-refractivity contribution in [2.24, 2.45) is 5.92 Å². The van der Waals surface area contributed by atoms with Crippen LogP contribution < -0.4 is 0 Å². The summed E-state index contributed by atoms with van der Waals surface area (Å²) in [6.07, 6.45) is 1.12. The molecule has 2 heteroatoms. The summed E-state index contributed by atoms with van der Waals surface area (Å²) >= 11 is 4.38. The molecule has 0 aromatic heterocycles. The van der Waals surface area contributed by atoms with Crippen LogP contribution in [-0.2, 0) is 4.74 Å². The normalized spacial score (nSPS) is 39.8. The van der Waals surface area contributed by atoms with Gasteiger partial charge in [0.25, 0.3) is 0 Å². The minimum absolute atomic E-state index is 0.573. The molecule has 0 spiro atoms. The zero-order valence-corrected chi connectivity index (χ0v) is 6.03. The van der Waals surface area contributed by atoms with Crippen molar-refractivity contribution in [1.82, 2.24) is 0 Å². The molecule has 2 atom stereocenters. The molecule has 1 heterocycles. The van der Waals surface area contributed by atoms with Gasteiger partial charge in [0.2, 0.25) is 0 Å². The Bertz CT molecular complexity index is 64.9. The first-order chi connectivity index (χ1) is 3.80. The van der Waals surface area contributed by atoms with Gasteiger partial charge in [-0.05, 0) is 12.3 Å². The zero-order chi connectivity index (χ0) is 5.98. The molecule has 1 aliphatic heterocycles. The Morgan fingerprint density at radius 3 is 2.75 bits per heavy atom. The van der Waals surface area contributed by atoms with Crippen molar-refractivity contribution in [3.8, 4) is 0 Å². The molecule has 0 bridgehead atoms. The minimum atomic E-state index is 0.573. The Morgan fingerprint density at radius 2 is 2.38 bits per heavy atom. The summed E-state index contributed by atoms with van der Waals surface area (Å²) in [5.74, 6) is 0.645. The molecule has 1 saturated heterocycles. The van der Waals surface area contributed by atoms with Gasteiger partial charge in [-0.25, -0.2) is 0 Å². The molecule has 0 aromatic rings. The van der Waals surface area contributed by atoms with E-state index < -0.39 is 0 Å². The molecular formula is C6H12OS. The molecule has 0 saturated carbocycles. The summed E-state index contributed by atoms with van der Waals surface area (Å²) < 4.78 is 5.20. The maximum Gasteiger partial charge on any atom is 0.0502 e. The second-order valence-electron chi connectivity index (χ2n) is 2.41. The fraction of sp³-hybridized carbons (Fsp3) is 1.00. The van der Waals surface area contributed by atoms with Crippen LogP contribution in [0.25, 0.3) is 0 Å². The highest BCUT2D eigenvalue weighted by molar-refractivity contribution is 7.81. The summed E-state index contributed by atoms with van der Waals surface area (Å²) in [6, 6.07) is 0. The van der Waals surface area contributed by atoms with Gasteiger partial charge in [0, 0.05) is 11.9 Å². The molecule has 0 radical (unpaired) electrons. The van der Waals surface area contributed by atoms with Gasteiger partial charge in [-0.2, -0.15) is 12.6 Å². The Kier molecular flexibility index (Phi) is 2.20. The van der Waals surface area contributed by atoms with Crippen molar-refractivity contribution >= 4 is 12.6 Å². The lowest BCUT2D eigenvalue weighted by atomic mass is 10.0. The van der Waals surface area contributed by atoms with Gasteiger partial charge in [-0.1, -0.05) is 6.92 Å². The van der Waals surface area contributed by atoms with E-state index in [2.05, 4.69) is 19.6 Å². The summed E-state index contributed by atoms with van der Waals surface area (Å²) in [7, 11) is 0. The fourth-order valence-corrected chi connectivity index (χ4v) is 1.06. The maximum absolute atomic E-state index is 5.20. The predicted molar refractivity (Wildman–Crippen MR) is 37.4 cm³/mol. The monoisotopic (exact) mass is 132 g/mol. The van der Waals surface area contributed by atoms with E-state index in [9.17, 15) is 0 Å². The largest absolute Gasteiger partial charge is 0.381 e. The van der Waals surface area contributed by atoms with Crippen LogP contribution >= 0.6 is 12.6 Å². The van der Waals surface area contributed by atoms with Gasteiger partial charge >= 0.3 is 0 Å². The van der Waals surface area contributed by atoms with Crippen LogP contribution in [0, 0.1) is 5.92 Å². The highest BCUT2D eigenvalue weighted by Crippen LogP contribution is 2.18. The Hall–Kier alpha value is 0.310. The van der Waals surface area contributed by atoms with Crippen LogP contribution in [0.1, 0.15) is 13.3 Å². The highest BCUT2D eigenvalue weighted by Gasteiger charge is 2.17. The molecule has 48 valence electrons. The number of rotatable bonds is 0. The molecule has 0 N–H and O–H groups in total. The second-order valence-corrected chi connectivity index (χ2v) is 3.07. The first-order valence-corrected chi connectivity index (χ1v) is 3.58. The Balaban J connectivity index is 2.28. The van der Waals surface area contributed by atoms with Gasteiger partial charge in [0.15, 0.2) is 0 Å². The smallest absolute Gasteiger partial charge is 0.0502 e. The lowest BCUT2D eigenvalue weighted by Crippen LogP contribution is -2.25. The van der Waals surface area contributed by atoms with Crippen molar-refractivity contribution in [1.29, 1.82) is 0 Å². The van der Waals surface area contributed by atoms with Crippen LogP contribution in [0.3, 0.4) is 0 Å². The maximum atomic E-state index is 5.20. The molecule has 1 rings (SSSR count). The molecule has 1 fully saturated rings. The zero-order valence-electron chi connectivity index (χ0n) is 5.13. The number of hydrogen-bond donors (Lipinski definition) is 1. The van der Waals surface area contributed by atoms with Gasteiger partial charge in [0.05, 0.1) is 6.61 Å². The summed E-state index contributed by atoms with van der Waals surface area (Å²) in [5.41, 5.74) is 0. The molecule has 0 aromatic carbocycles. The van der Waals surface area contributed by atoms with E-state index in [1.54, 1.807) is 0 Å². The van der Waals surface area contributed by atoms with Gasteiger partial charge in [-0.15, -0.1) is 0 Å². The molecule has 1 nitrogen and oxygen atoms in total. The first-order valence-electron chi connectivity index (χ1n) is 3.06. The van der Waals surface area contributed by atoms with Crippen LogP contribution in [-0.4, -0.2) is 18.5 Å². The van der Waals surface area contributed by atoms with Crippen LogP contribution in [0.5, 0.6) is 0 Å². The van der Waals surface area contributed by atoms with E-state index in [0.29, 0.717) is 11.2 Å². The van der Waals surface area contributed by atoms with Crippen molar-refractivity contribution in [2.75, 3.05) is 13.2 Å². The SMILES string of the molecule is C[C@@H]1COCC[C@@H]1S. The predicted octanol–water partition coefficient (Wildman–Crippen LogP) is 1.34. The van der Waals surface area contributed by atoms with E-state index in [1.807, 2.05) is 0 Å². The molecule has 0 aliphatic carbocycles. The quantitative estimate of drug-likeness (QED) is 0.489. The van der Waals surface area contributed by atoms with Crippen LogP contribution in [0.2, 0.25) is 0 Å². The lowest BCUT2D eigenvalue weighted by Gasteiger charge is -2.24. The standard InChI is InChI=1S/C6H12OS/c1-5-4-7-3-2-6(5)8/h5-6,8H,2-4H2,1H3/t5-,6+/m1/s1. The van der Waals surface area contributed by atoms with E-state index in [0.717, 1.165) is 19.6 Å². The minimum Gasteiger partial charge on any atom is -0.381 e. The van der Waals surface area contributed by atoms with Gasteiger partial charge < -0.3 is 4.74 Å². The molecular weight excluding hydrogens is 120 g/mol. The second kappa shape index (κ2) is 2.74. The van der Waals surface area contributed by atoms with E-state index >= 15 is 0 Å². The highest BCUT2D eigenvalue weighted by atomic mass is 32.1. The Labute approximate surface area is 55.8 Å². The molecule has 0 unspecified atom stereocenters. The third-order valence-electron chi connectivity index (χ3n) is 1.60. The van der Waals surface area contributed by atoms with Crippen molar-refractivity contribution in [3.63, 3.8) is 0 Å².